The fourth-order valence-corrected chi connectivity index (χ4v) is 5.02. The topological polar surface area (TPSA) is 66.2 Å². The minimum absolute atomic E-state index is 0.859. The zero-order valence-electron chi connectivity index (χ0n) is 16.9. The quantitative estimate of drug-likeness (QED) is 0.352. The number of aromatic nitrogens is 6. The highest BCUT2D eigenvalue weighted by molar-refractivity contribution is 6.00. The Kier molecular flexibility index (Phi) is 2.81. The second-order valence-electron chi connectivity index (χ2n) is 8.20. The zero-order chi connectivity index (χ0) is 20.8. The first kappa shape index (κ1) is 16.2. The van der Waals surface area contributed by atoms with Crippen LogP contribution in [0.1, 0.15) is 0 Å². The molecule has 0 aliphatic carbocycles. The SMILES string of the molecule is c1ccc2c(c1)[nH]c1nc3ccc(-c4cccc5c4nc4[nH]c6ccccc6n45)cc3n12. The molecule has 32 heavy (non-hydrogen) atoms. The van der Waals surface area contributed by atoms with Crippen LogP contribution in [0.15, 0.2) is 84.9 Å². The minimum atomic E-state index is 0.859. The van der Waals surface area contributed by atoms with Gasteiger partial charge in [0.1, 0.15) is 0 Å². The summed E-state index contributed by atoms with van der Waals surface area (Å²) in [4.78, 5) is 16.6. The fourth-order valence-electron chi connectivity index (χ4n) is 5.02. The maximum atomic E-state index is 4.98. The van der Waals surface area contributed by atoms with Crippen molar-refractivity contribution < 1.29 is 0 Å². The summed E-state index contributed by atoms with van der Waals surface area (Å²) in [7, 11) is 0. The minimum Gasteiger partial charge on any atom is -0.323 e. The Morgan fingerprint density at radius 2 is 1.22 bits per heavy atom. The van der Waals surface area contributed by atoms with Crippen molar-refractivity contribution in [2.45, 2.75) is 0 Å². The summed E-state index contributed by atoms with van der Waals surface area (Å²) in [5.41, 5.74) is 10.8. The van der Waals surface area contributed by atoms with E-state index in [1.807, 2.05) is 12.1 Å². The van der Waals surface area contributed by atoms with Crippen LogP contribution in [0.2, 0.25) is 0 Å². The molecule has 0 atom stereocenters. The largest absolute Gasteiger partial charge is 0.323 e. The number of benzene rings is 4. The van der Waals surface area contributed by atoms with Gasteiger partial charge >= 0.3 is 0 Å². The Hall–Kier alpha value is -4.58. The van der Waals surface area contributed by atoms with E-state index < -0.39 is 0 Å². The Bertz CT molecular complexity index is 2000. The molecular formula is C26H16N6. The van der Waals surface area contributed by atoms with Gasteiger partial charge in [-0.2, -0.15) is 0 Å². The van der Waals surface area contributed by atoms with Crippen molar-refractivity contribution in [2.75, 3.05) is 0 Å². The lowest BCUT2D eigenvalue weighted by atomic mass is 10.0. The molecule has 6 nitrogen and oxygen atoms in total. The number of nitrogens with one attached hydrogen (secondary N) is 2. The lowest BCUT2D eigenvalue weighted by molar-refractivity contribution is 1.28. The van der Waals surface area contributed by atoms with Crippen LogP contribution in [0.3, 0.4) is 0 Å². The smallest absolute Gasteiger partial charge is 0.213 e. The maximum Gasteiger partial charge on any atom is 0.213 e. The number of H-pyrrole nitrogens is 2. The second kappa shape index (κ2) is 5.56. The molecule has 150 valence electrons. The van der Waals surface area contributed by atoms with Crippen LogP contribution >= 0.6 is 0 Å². The van der Waals surface area contributed by atoms with Crippen molar-refractivity contribution in [1.82, 2.24) is 28.7 Å². The number of imidazole rings is 4. The summed E-state index contributed by atoms with van der Waals surface area (Å²) in [6.45, 7) is 0. The van der Waals surface area contributed by atoms with E-state index in [0.29, 0.717) is 0 Å². The Morgan fingerprint density at radius 3 is 2.00 bits per heavy atom. The molecule has 0 unspecified atom stereocenters. The standard InChI is InChI=1S/C26H16N6/c1-3-9-20-17(7-1)28-26-30-24-16(6-5-11-22(24)31(20)26)15-12-13-19-23(14-15)32-21-10-4-2-8-18(21)27-25(32)29-19/h1-14H,(H,27,29)(H,28,30). The van der Waals surface area contributed by atoms with Gasteiger partial charge in [0.25, 0.3) is 0 Å². The molecule has 8 aromatic rings. The maximum absolute atomic E-state index is 4.98. The van der Waals surface area contributed by atoms with E-state index in [9.17, 15) is 0 Å². The molecule has 0 saturated carbocycles. The number of rotatable bonds is 1. The van der Waals surface area contributed by atoms with Gasteiger partial charge in [0.05, 0.1) is 44.1 Å². The van der Waals surface area contributed by atoms with Gasteiger partial charge in [-0.3, -0.25) is 8.80 Å². The Morgan fingerprint density at radius 1 is 0.562 bits per heavy atom. The zero-order valence-corrected chi connectivity index (χ0v) is 16.9. The molecule has 0 fully saturated rings. The van der Waals surface area contributed by atoms with E-state index >= 15 is 0 Å². The molecule has 2 N–H and O–H groups in total. The van der Waals surface area contributed by atoms with Gasteiger partial charge in [-0.1, -0.05) is 42.5 Å². The summed E-state index contributed by atoms with van der Waals surface area (Å²) in [6.07, 6.45) is 0. The van der Waals surface area contributed by atoms with Gasteiger partial charge < -0.3 is 9.97 Å². The number of para-hydroxylation sites is 5. The van der Waals surface area contributed by atoms with E-state index in [-0.39, 0.29) is 0 Å². The van der Waals surface area contributed by atoms with E-state index in [0.717, 1.165) is 66.8 Å². The third kappa shape index (κ3) is 1.94. The fraction of sp³-hybridized carbons (Fsp3) is 0. The average molecular weight is 412 g/mol. The van der Waals surface area contributed by atoms with Crippen LogP contribution < -0.4 is 0 Å². The van der Waals surface area contributed by atoms with Gasteiger partial charge in [0, 0.05) is 5.56 Å². The third-order valence-corrected chi connectivity index (χ3v) is 6.43. The van der Waals surface area contributed by atoms with Crippen LogP contribution in [0.25, 0.3) is 66.8 Å². The van der Waals surface area contributed by atoms with Crippen molar-refractivity contribution in [3.8, 4) is 11.1 Å². The van der Waals surface area contributed by atoms with Crippen molar-refractivity contribution >= 4 is 55.7 Å². The van der Waals surface area contributed by atoms with E-state index in [4.69, 9.17) is 9.97 Å². The van der Waals surface area contributed by atoms with Crippen LogP contribution in [0.4, 0.5) is 0 Å². The number of fused-ring (bicyclic) bond motifs is 10. The monoisotopic (exact) mass is 412 g/mol. The summed E-state index contributed by atoms with van der Waals surface area (Å²) in [6, 6.07) is 29.4. The Labute approximate surface area is 180 Å². The molecule has 4 aromatic heterocycles. The van der Waals surface area contributed by atoms with Gasteiger partial charge in [-0.05, 0) is 48.0 Å². The summed E-state index contributed by atoms with van der Waals surface area (Å²) in [5.74, 6) is 1.72. The molecule has 0 aliphatic heterocycles. The molecule has 0 spiro atoms. The molecule has 6 heteroatoms. The van der Waals surface area contributed by atoms with Crippen LogP contribution in [-0.2, 0) is 0 Å². The number of aromatic amines is 2. The van der Waals surface area contributed by atoms with E-state index in [1.165, 1.54) is 0 Å². The first-order valence-corrected chi connectivity index (χ1v) is 10.6. The highest BCUT2D eigenvalue weighted by Crippen LogP contribution is 2.33. The molecule has 0 bridgehead atoms. The van der Waals surface area contributed by atoms with Crippen molar-refractivity contribution in [1.29, 1.82) is 0 Å². The van der Waals surface area contributed by atoms with Crippen LogP contribution in [-0.4, -0.2) is 28.7 Å². The molecule has 8 rings (SSSR count). The normalized spacial score (nSPS) is 12.4. The van der Waals surface area contributed by atoms with E-state index in [2.05, 4.69) is 91.6 Å². The molecule has 0 saturated heterocycles. The lowest BCUT2D eigenvalue weighted by Crippen LogP contribution is -1.85. The molecule has 0 radical (unpaired) electrons. The molecule has 0 amide bonds. The highest BCUT2D eigenvalue weighted by atomic mass is 15.1. The van der Waals surface area contributed by atoms with E-state index in [1.54, 1.807) is 0 Å². The molecule has 4 heterocycles. The first-order chi connectivity index (χ1) is 15.8. The molecule has 0 aliphatic rings. The first-order valence-electron chi connectivity index (χ1n) is 10.6. The number of hydrogen-bond acceptors (Lipinski definition) is 2. The average Bonchev–Trinajstić information content (AvgIpc) is 3.55. The second-order valence-corrected chi connectivity index (χ2v) is 8.20. The number of nitrogens with zero attached hydrogens (tertiary/aromatic N) is 4. The summed E-state index contributed by atoms with van der Waals surface area (Å²) in [5, 5.41) is 0. The van der Waals surface area contributed by atoms with Gasteiger partial charge in [0.15, 0.2) is 0 Å². The molecular weight excluding hydrogens is 396 g/mol. The highest BCUT2D eigenvalue weighted by Gasteiger charge is 2.16. The van der Waals surface area contributed by atoms with Crippen LogP contribution in [0, 0.1) is 0 Å². The van der Waals surface area contributed by atoms with Gasteiger partial charge in [-0.25, -0.2) is 9.97 Å². The molecule has 4 aromatic carbocycles. The van der Waals surface area contributed by atoms with Crippen molar-refractivity contribution in [2.24, 2.45) is 0 Å². The Balaban J connectivity index is 1.44. The van der Waals surface area contributed by atoms with Gasteiger partial charge in [0.2, 0.25) is 11.6 Å². The van der Waals surface area contributed by atoms with Crippen LogP contribution in [0.5, 0.6) is 0 Å². The van der Waals surface area contributed by atoms with Gasteiger partial charge in [-0.15, -0.1) is 0 Å². The predicted molar refractivity (Wildman–Crippen MR) is 128 cm³/mol. The summed E-state index contributed by atoms with van der Waals surface area (Å²) < 4.78 is 4.39. The third-order valence-electron chi connectivity index (χ3n) is 6.43. The number of hydrogen-bond donors (Lipinski definition) is 2. The lowest BCUT2D eigenvalue weighted by Gasteiger charge is -2.04. The van der Waals surface area contributed by atoms with Crippen molar-refractivity contribution in [3.63, 3.8) is 0 Å². The predicted octanol–water partition coefficient (Wildman–Crippen LogP) is 5.92. The summed E-state index contributed by atoms with van der Waals surface area (Å²) >= 11 is 0. The van der Waals surface area contributed by atoms with Crippen molar-refractivity contribution in [3.05, 3.63) is 84.9 Å².